The molecule has 23 heavy (non-hydrogen) atoms. The van der Waals surface area contributed by atoms with Gasteiger partial charge in [0.25, 0.3) is 0 Å². The van der Waals surface area contributed by atoms with Gasteiger partial charge in [0.1, 0.15) is 17.2 Å². The SMILES string of the molecule is O=C(Oc1ccc(N2CCOC2=O)cc1)c1cc2c(s1)CCC2. The van der Waals surface area contributed by atoms with Gasteiger partial charge in [-0.25, -0.2) is 9.59 Å². The second-order valence-electron chi connectivity index (χ2n) is 5.56. The molecule has 0 saturated carbocycles. The minimum atomic E-state index is -0.345. The summed E-state index contributed by atoms with van der Waals surface area (Å²) in [4.78, 5) is 27.2. The fourth-order valence-electron chi connectivity index (χ4n) is 2.91. The summed E-state index contributed by atoms with van der Waals surface area (Å²) < 4.78 is 10.3. The van der Waals surface area contributed by atoms with Crippen LogP contribution in [0.25, 0.3) is 0 Å². The number of anilines is 1. The van der Waals surface area contributed by atoms with Gasteiger partial charge in [0.2, 0.25) is 0 Å². The van der Waals surface area contributed by atoms with E-state index in [1.807, 2.05) is 6.07 Å². The number of carbonyl (C=O) groups is 2. The standard InChI is InChI=1S/C17H15NO4S/c19-16(15-10-11-2-1-3-14(11)23-15)22-13-6-4-12(5-7-13)18-8-9-21-17(18)20/h4-7,10H,1-3,8-9H2. The van der Waals surface area contributed by atoms with Crippen LogP contribution >= 0.6 is 11.3 Å². The normalized spacial score (nSPS) is 16.3. The number of hydrogen-bond acceptors (Lipinski definition) is 5. The van der Waals surface area contributed by atoms with Crippen molar-refractivity contribution in [3.63, 3.8) is 0 Å². The first kappa shape index (κ1) is 14.3. The Morgan fingerprint density at radius 3 is 2.74 bits per heavy atom. The first-order valence-corrected chi connectivity index (χ1v) is 8.40. The summed E-state index contributed by atoms with van der Waals surface area (Å²) in [6.45, 7) is 0.942. The van der Waals surface area contributed by atoms with Crippen molar-refractivity contribution in [1.29, 1.82) is 0 Å². The molecule has 1 fully saturated rings. The van der Waals surface area contributed by atoms with Crippen molar-refractivity contribution in [2.75, 3.05) is 18.1 Å². The molecule has 5 nitrogen and oxygen atoms in total. The number of aryl methyl sites for hydroxylation is 2. The van der Waals surface area contributed by atoms with E-state index in [4.69, 9.17) is 9.47 Å². The van der Waals surface area contributed by atoms with Gasteiger partial charge in [-0.05, 0) is 55.2 Å². The van der Waals surface area contributed by atoms with Gasteiger partial charge in [0.05, 0.1) is 6.54 Å². The molecule has 1 aliphatic carbocycles. The van der Waals surface area contributed by atoms with Crippen LogP contribution in [-0.4, -0.2) is 25.2 Å². The number of thiophene rings is 1. The topological polar surface area (TPSA) is 55.8 Å². The van der Waals surface area contributed by atoms with Crippen LogP contribution in [0.3, 0.4) is 0 Å². The predicted molar refractivity (Wildman–Crippen MR) is 86.4 cm³/mol. The van der Waals surface area contributed by atoms with Gasteiger partial charge < -0.3 is 9.47 Å². The third kappa shape index (κ3) is 2.70. The van der Waals surface area contributed by atoms with Gasteiger partial charge >= 0.3 is 12.1 Å². The number of fused-ring (bicyclic) bond motifs is 1. The lowest BCUT2D eigenvalue weighted by Crippen LogP contribution is -2.23. The first-order valence-electron chi connectivity index (χ1n) is 7.59. The average molecular weight is 329 g/mol. The molecule has 0 radical (unpaired) electrons. The van der Waals surface area contributed by atoms with E-state index in [-0.39, 0.29) is 12.1 Å². The molecule has 6 heteroatoms. The molecule has 1 amide bonds. The molecule has 0 atom stereocenters. The van der Waals surface area contributed by atoms with Gasteiger partial charge in [-0.3, -0.25) is 4.90 Å². The molecule has 118 valence electrons. The highest BCUT2D eigenvalue weighted by Gasteiger charge is 2.24. The Bertz CT molecular complexity index is 744. The van der Waals surface area contributed by atoms with Gasteiger partial charge in [0.15, 0.2) is 0 Å². The highest BCUT2D eigenvalue weighted by atomic mass is 32.1. The predicted octanol–water partition coefficient (Wildman–Crippen LogP) is 3.41. The van der Waals surface area contributed by atoms with Crippen molar-refractivity contribution in [1.82, 2.24) is 0 Å². The Morgan fingerprint density at radius 1 is 1.22 bits per heavy atom. The van der Waals surface area contributed by atoms with Crippen molar-refractivity contribution in [3.8, 4) is 5.75 Å². The highest BCUT2D eigenvalue weighted by molar-refractivity contribution is 7.14. The number of cyclic esters (lactones) is 1. The first-order chi connectivity index (χ1) is 11.2. The zero-order chi connectivity index (χ0) is 15.8. The van der Waals surface area contributed by atoms with Gasteiger partial charge in [-0.1, -0.05) is 0 Å². The lowest BCUT2D eigenvalue weighted by Gasteiger charge is -2.12. The Hall–Kier alpha value is -2.34. The zero-order valence-electron chi connectivity index (χ0n) is 12.4. The monoisotopic (exact) mass is 329 g/mol. The molecule has 1 aromatic carbocycles. The number of amides is 1. The van der Waals surface area contributed by atoms with Crippen molar-refractivity contribution < 1.29 is 19.1 Å². The van der Waals surface area contributed by atoms with Gasteiger partial charge in [-0.15, -0.1) is 11.3 Å². The van der Waals surface area contributed by atoms with Gasteiger partial charge in [0, 0.05) is 10.6 Å². The average Bonchev–Trinajstić information content (AvgIpc) is 3.23. The van der Waals surface area contributed by atoms with Crippen LogP contribution in [0.4, 0.5) is 10.5 Å². The summed E-state index contributed by atoms with van der Waals surface area (Å²) in [6, 6.07) is 8.84. The number of nitrogens with zero attached hydrogens (tertiary/aromatic N) is 1. The molecule has 2 heterocycles. The molecule has 2 aromatic rings. The number of ether oxygens (including phenoxy) is 2. The molecule has 2 aliphatic rings. The van der Waals surface area contributed by atoms with E-state index in [9.17, 15) is 9.59 Å². The van der Waals surface area contributed by atoms with E-state index >= 15 is 0 Å². The summed E-state index contributed by atoms with van der Waals surface area (Å²) in [5.74, 6) is 0.151. The fraction of sp³-hybridized carbons (Fsp3) is 0.294. The largest absolute Gasteiger partial charge is 0.447 e. The maximum atomic E-state index is 12.2. The Morgan fingerprint density at radius 2 is 2.04 bits per heavy atom. The third-order valence-corrected chi connectivity index (χ3v) is 5.28. The minimum absolute atomic E-state index is 0.322. The van der Waals surface area contributed by atoms with Crippen molar-refractivity contribution >= 4 is 29.1 Å². The maximum Gasteiger partial charge on any atom is 0.414 e. The number of rotatable bonds is 3. The Kier molecular flexibility index (Phi) is 3.53. The van der Waals surface area contributed by atoms with Crippen molar-refractivity contribution in [3.05, 3.63) is 45.6 Å². The molecule has 0 unspecified atom stereocenters. The summed E-state index contributed by atoms with van der Waals surface area (Å²) in [7, 11) is 0. The minimum Gasteiger partial charge on any atom is -0.447 e. The molecule has 0 bridgehead atoms. The van der Waals surface area contributed by atoms with E-state index in [0.717, 1.165) is 18.5 Å². The van der Waals surface area contributed by atoms with Crippen LogP contribution in [0.2, 0.25) is 0 Å². The highest BCUT2D eigenvalue weighted by Crippen LogP contribution is 2.31. The van der Waals surface area contributed by atoms with E-state index in [2.05, 4.69) is 0 Å². The molecular formula is C17H15NO4S. The second kappa shape index (κ2) is 5.70. The van der Waals surface area contributed by atoms with E-state index in [1.165, 1.54) is 28.2 Å². The van der Waals surface area contributed by atoms with Crippen molar-refractivity contribution in [2.45, 2.75) is 19.3 Å². The fourth-order valence-corrected chi connectivity index (χ4v) is 4.04. The number of hydrogen-bond donors (Lipinski definition) is 0. The Balaban J connectivity index is 1.46. The zero-order valence-corrected chi connectivity index (χ0v) is 13.2. The van der Waals surface area contributed by atoms with E-state index < -0.39 is 0 Å². The van der Waals surface area contributed by atoms with E-state index in [0.29, 0.717) is 23.8 Å². The lowest BCUT2D eigenvalue weighted by molar-refractivity contribution is 0.0739. The molecule has 4 rings (SSSR count). The van der Waals surface area contributed by atoms with Crippen LogP contribution in [-0.2, 0) is 17.6 Å². The molecule has 0 spiro atoms. The van der Waals surface area contributed by atoms with Crippen LogP contribution in [0, 0.1) is 0 Å². The quantitative estimate of drug-likeness (QED) is 0.639. The smallest absolute Gasteiger partial charge is 0.414 e. The molecular weight excluding hydrogens is 314 g/mol. The van der Waals surface area contributed by atoms with E-state index in [1.54, 1.807) is 29.2 Å². The van der Waals surface area contributed by atoms with Crippen LogP contribution in [0.15, 0.2) is 30.3 Å². The molecule has 0 N–H and O–H groups in total. The summed E-state index contributed by atoms with van der Waals surface area (Å²) >= 11 is 1.53. The molecule has 1 aliphatic heterocycles. The van der Waals surface area contributed by atoms with Crippen LogP contribution in [0.1, 0.15) is 26.5 Å². The number of carbonyl (C=O) groups excluding carboxylic acids is 2. The summed E-state index contributed by atoms with van der Waals surface area (Å²) in [5.41, 5.74) is 2.02. The Labute approximate surface area is 137 Å². The summed E-state index contributed by atoms with van der Waals surface area (Å²) in [6.07, 6.45) is 2.95. The lowest BCUT2D eigenvalue weighted by atomic mass is 10.2. The van der Waals surface area contributed by atoms with Crippen molar-refractivity contribution in [2.24, 2.45) is 0 Å². The molecule has 1 aromatic heterocycles. The summed E-state index contributed by atoms with van der Waals surface area (Å²) in [5, 5.41) is 0. The van der Waals surface area contributed by atoms with Gasteiger partial charge in [-0.2, -0.15) is 0 Å². The second-order valence-corrected chi connectivity index (χ2v) is 6.70. The third-order valence-electron chi connectivity index (χ3n) is 4.07. The van der Waals surface area contributed by atoms with Crippen LogP contribution < -0.4 is 9.64 Å². The molecule has 1 saturated heterocycles. The number of esters is 1. The number of benzene rings is 1. The maximum absolute atomic E-state index is 12.2. The van der Waals surface area contributed by atoms with Crippen LogP contribution in [0.5, 0.6) is 5.75 Å².